The highest BCUT2D eigenvalue weighted by atomic mass is 35.5. The van der Waals surface area contributed by atoms with Crippen LogP contribution in [0.4, 0.5) is 30.2 Å². The van der Waals surface area contributed by atoms with Crippen LogP contribution in [0.1, 0.15) is 103 Å². The van der Waals surface area contributed by atoms with E-state index in [1.165, 1.54) is 59.9 Å². The van der Waals surface area contributed by atoms with Gasteiger partial charge in [0.15, 0.2) is 0 Å². The van der Waals surface area contributed by atoms with Gasteiger partial charge in [0.2, 0.25) is 11.8 Å². The number of piperidine rings is 2. The normalized spacial score (nSPS) is 22.0. The number of ether oxygens (including phenoxy) is 1. The summed E-state index contributed by atoms with van der Waals surface area (Å²) < 4.78 is 105. The number of carbonyl (C=O) groups is 4. The molecule has 0 spiro atoms. The molecule has 0 radical (unpaired) electrons. The average Bonchev–Trinajstić information content (AvgIpc) is 0.971. The van der Waals surface area contributed by atoms with E-state index in [1.54, 1.807) is 17.0 Å². The molecule has 3 N–H and O–H groups in total. The summed E-state index contributed by atoms with van der Waals surface area (Å²) in [5, 5.41) is 6.12. The number of hydrogen-bond donors (Lipinski definition) is 3. The fourth-order valence-electron chi connectivity index (χ4n) is 15.0. The van der Waals surface area contributed by atoms with Gasteiger partial charge in [-0.05, 0) is 190 Å². The number of carbonyl (C=O) groups excluding carboxylic acids is 4. The summed E-state index contributed by atoms with van der Waals surface area (Å²) in [5.41, 5.74) is 1.46. The van der Waals surface area contributed by atoms with Crippen LogP contribution in [-0.2, 0) is 40.7 Å². The molecule has 0 saturated carbocycles. The van der Waals surface area contributed by atoms with Gasteiger partial charge in [0.05, 0.1) is 17.2 Å². The first-order valence-corrected chi connectivity index (χ1v) is 38.6. The molecule has 26 heteroatoms. The fraction of sp³-hybridized carbons (Fsp3) is 0.500. The smallest absolute Gasteiger partial charge is 0.380 e. The number of amides is 4. The molecule has 6 heterocycles. The van der Waals surface area contributed by atoms with Crippen molar-refractivity contribution in [1.29, 1.82) is 0 Å². The zero-order valence-electron chi connectivity index (χ0n) is 55.5. The molecule has 4 amide bonds. The van der Waals surface area contributed by atoms with Gasteiger partial charge in [-0.15, -0.1) is 11.8 Å². The zero-order chi connectivity index (χ0) is 68.8. The maximum Gasteiger partial charge on any atom is 0.501 e. The number of likely N-dealkylation sites (tertiary alicyclic amines) is 1. The summed E-state index contributed by atoms with van der Waals surface area (Å²) in [6, 6.07) is 31.4. The van der Waals surface area contributed by atoms with Crippen LogP contribution in [0.5, 0.6) is 0 Å². The van der Waals surface area contributed by atoms with E-state index in [0.717, 1.165) is 138 Å². The lowest BCUT2D eigenvalue weighted by Crippen LogP contribution is -2.52. The number of sulfonamides is 1. The number of piperazine rings is 2. The van der Waals surface area contributed by atoms with Gasteiger partial charge in [0, 0.05) is 149 Å². The third kappa shape index (κ3) is 17.4. The second kappa shape index (κ2) is 31.1. The van der Waals surface area contributed by atoms with Crippen molar-refractivity contribution in [3.05, 3.63) is 148 Å². The lowest BCUT2D eigenvalue weighted by molar-refractivity contribution is -0.136. The molecule has 0 bridgehead atoms. The molecular formula is C72H88ClF3N10O9S3. The van der Waals surface area contributed by atoms with E-state index in [0.29, 0.717) is 87.1 Å². The summed E-state index contributed by atoms with van der Waals surface area (Å²) in [4.78, 5) is 66.3. The summed E-state index contributed by atoms with van der Waals surface area (Å²) in [6.07, 6.45) is 8.44. The number of hydrogen-bond acceptors (Lipinski definition) is 17. The van der Waals surface area contributed by atoms with Crippen molar-refractivity contribution in [2.75, 3.05) is 139 Å². The highest BCUT2D eigenvalue weighted by Crippen LogP contribution is 2.45. The van der Waals surface area contributed by atoms with Gasteiger partial charge in [0.1, 0.15) is 10.9 Å². The van der Waals surface area contributed by atoms with E-state index in [9.17, 15) is 49.2 Å². The van der Waals surface area contributed by atoms with Gasteiger partial charge < -0.3 is 34.6 Å². The van der Waals surface area contributed by atoms with Crippen molar-refractivity contribution in [3.63, 3.8) is 0 Å². The molecule has 5 saturated heterocycles. The molecule has 5 aromatic carbocycles. The molecular weight excluding hydrogens is 1340 g/mol. The van der Waals surface area contributed by atoms with Crippen LogP contribution in [0, 0.1) is 11.3 Å². The van der Waals surface area contributed by atoms with Crippen molar-refractivity contribution in [1.82, 2.24) is 34.5 Å². The van der Waals surface area contributed by atoms with E-state index >= 15 is 0 Å². The average molecular weight is 1430 g/mol. The number of benzene rings is 5. The fourth-order valence-corrected chi connectivity index (χ4v) is 18.2. The maximum absolute atomic E-state index is 14.4. The van der Waals surface area contributed by atoms with E-state index in [4.69, 9.17) is 16.3 Å². The maximum atomic E-state index is 14.4. The van der Waals surface area contributed by atoms with Crippen LogP contribution >= 0.6 is 23.4 Å². The number of halogens is 4. The number of nitrogens with zero attached hydrogens (tertiary/aromatic N) is 7. The lowest BCUT2D eigenvalue weighted by Gasteiger charge is -2.44. The molecule has 5 aromatic rings. The minimum atomic E-state index is -6.09. The number of sulfone groups is 1. The molecule has 6 aliphatic heterocycles. The number of thioether (sulfide) groups is 1. The molecule has 5 fully saturated rings. The number of allylic oxidation sites excluding steroid dienone is 1. The number of alkyl halides is 3. The predicted molar refractivity (Wildman–Crippen MR) is 376 cm³/mol. The van der Waals surface area contributed by atoms with Crippen LogP contribution in [-0.4, -0.2) is 206 Å². The van der Waals surface area contributed by atoms with Crippen LogP contribution in [0.15, 0.2) is 136 Å². The minimum Gasteiger partial charge on any atom is -0.380 e. The van der Waals surface area contributed by atoms with Gasteiger partial charge in [-0.2, -0.15) is 13.2 Å². The second-order valence-electron chi connectivity index (χ2n) is 27.6. The number of nitrogens with one attached hydrogen (secondary N) is 3. The molecule has 3 atom stereocenters. The second-order valence-corrected chi connectivity index (χ2v) is 32.7. The van der Waals surface area contributed by atoms with E-state index in [2.05, 4.69) is 65.2 Å². The van der Waals surface area contributed by atoms with E-state index in [-0.39, 0.29) is 29.2 Å². The van der Waals surface area contributed by atoms with Crippen molar-refractivity contribution < 1.29 is 53.9 Å². The predicted octanol–water partition coefficient (Wildman–Crippen LogP) is 9.89. The van der Waals surface area contributed by atoms with E-state index < -0.39 is 64.7 Å². The molecule has 0 aromatic heterocycles. The summed E-state index contributed by atoms with van der Waals surface area (Å²) in [5.74, 6) is -0.833. The third-order valence-corrected chi connectivity index (χ3v) is 25.0. The Morgan fingerprint density at radius 1 is 0.745 bits per heavy atom. The molecule has 7 aliphatic rings. The first-order chi connectivity index (χ1) is 47.0. The molecule has 1 unspecified atom stereocenters. The first kappa shape index (κ1) is 71.3. The number of fused-ring (bicyclic) bond motifs is 1. The van der Waals surface area contributed by atoms with Crippen LogP contribution in [0.25, 0.3) is 5.57 Å². The van der Waals surface area contributed by atoms with Gasteiger partial charge in [0.25, 0.3) is 31.7 Å². The molecule has 526 valence electrons. The monoisotopic (exact) mass is 1420 g/mol. The van der Waals surface area contributed by atoms with Crippen LogP contribution in [0.3, 0.4) is 0 Å². The summed E-state index contributed by atoms with van der Waals surface area (Å²) in [7, 11) is -11.0. The molecule has 98 heavy (non-hydrogen) atoms. The SMILES string of the molecule is C[C@@]1(CN2CCC(CCN3CCN(c4ccc5c(c4)CN(C4CCC(=O)NC4=O)C5=O)CC3)CC2)CCC(c2ccc(Cl)cc2)=C(CN2CCN(c3ccc(C(=O)NS(=O)(=O)c4ccc(N[C@H](CCN5CCCOCC5)CSc5ccccc5)c(S(=O)(=O)C(F)(F)F)c4)cc3)CC2)C1. The van der Waals surface area contributed by atoms with Crippen molar-refractivity contribution in [2.24, 2.45) is 11.3 Å². The van der Waals surface area contributed by atoms with E-state index in [1.807, 2.05) is 59.3 Å². The Hall–Kier alpha value is -6.55. The van der Waals surface area contributed by atoms with Crippen LogP contribution < -0.4 is 25.2 Å². The van der Waals surface area contributed by atoms with Gasteiger partial charge in [-0.1, -0.05) is 54.4 Å². The largest absolute Gasteiger partial charge is 0.501 e. The Balaban J connectivity index is 0.617. The van der Waals surface area contributed by atoms with Crippen molar-refractivity contribution in [3.8, 4) is 0 Å². The Kier molecular flexibility index (Phi) is 22.6. The van der Waals surface area contributed by atoms with Gasteiger partial charge in [-0.25, -0.2) is 21.6 Å². The van der Waals surface area contributed by atoms with Gasteiger partial charge in [-0.3, -0.25) is 34.3 Å². The Labute approximate surface area is 582 Å². The topological polar surface area (TPSA) is 205 Å². The number of rotatable bonds is 23. The quantitative estimate of drug-likeness (QED) is 0.0411. The number of imide groups is 1. The summed E-state index contributed by atoms with van der Waals surface area (Å²) >= 11 is 7.86. The minimum absolute atomic E-state index is 0.0137. The summed E-state index contributed by atoms with van der Waals surface area (Å²) in [6.45, 7) is 17.9. The standard InChI is InChI=1S/C72H88ClF3N10O9S3/c1-71(50-83-30-24-51(25-31-83)23-29-81-33-37-85(38-34-81)59-16-18-63-54(44-59)48-86(70(63)90)65-20-21-67(87)78-69(65)89)27-22-62(52-8-12-56(73)13-9-52)55(46-71)47-82-35-39-84(40-36-82)58-14-10-53(11-15-58)68(88)79-98(93,94)61-17-19-64(66(45-61)97(91,92)72(74,75)76)77-57(49-96-60-6-3-2-4-7-60)26-32-80-28-5-42-95-43-41-80/h2-4,6-19,44-45,51,57,65,77H,5,20-43,46-50H2,1H3,(H,79,88)(H,78,87,89)/t57-,65?,71-/m1/s1. The Morgan fingerprint density at radius 2 is 1.44 bits per heavy atom. The highest BCUT2D eigenvalue weighted by Gasteiger charge is 2.49. The first-order valence-electron chi connectivity index (χ1n) is 34.3. The Morgan fingerprint density at radius 3 is 2.15 bits per heavy atom. The van der Waals surface area contributed by atoms with Crippen molar-refractivity contribution >= 4 is 89.5 Å². The molecule has 19 nitrogen and oxygen atoms in total. The number of anilines is 3. The van der Waals surface area contributed by atoms with Crippen molar-refractivity contribution in [2.45, 2.75) is 110 Å². The zero-order valence-corrected chi connectivity index (χ0v) is 58.7. The Bertz CT molecular complexity index is 3940. The molecule has 1 aliphatic carbocycles. The highest BCUT2D eigenvalue weighted by molar-refractivity contribution is 7.99. The molecule has 12 rings (SSSR count). The van der Waals surface area contributed by atoms with Gasteiger partial charge >= 0.3 is 5.51 Å². The van der Waals surface area contributed by atoms with Crippen LogP contribution in [0.2, 0.25) is 5.02 Å². The lowest BCUT2D eigenvalue weighted by atomic mass is 9.70. The third-order valence-electron chi connectivity index (χ3n) is 20.7.